The number of hydrogen-bond acceptors (Lipinski definition) is 4. The quantitative estimate of drug-likeness (QED) is 0.524. The molecule has 0 radical (unpaired) electrons. The largest absolute Gasteiger partial charge is 0.497 e. The van der Waals surface area contributed by atoms with Gasteiger partial charge in [-0.3, -0.25) is 4.79 Å². The molecule has 5 heteroatoms. The Kier molecular flexibility index (Phi) is 5.81. The second-order valence-corrected chi connectivity index (χ2v) is 6.80. The van der Waals surface area contributed by atoms with Gasteiger partial charge in [0.1, 0.15) is 5.75 Å². The lowest BCUT2D eigenvalue weighted by Gasteiger charge is -2.09. The Morgan fingerprint density at radius 2 is 1.88 bits per heavy atom. The Balaban J connectivity index is 1.84. The number of nitrogens with one attached hydrogen (secondary N) is 1. The number of carbonyl (C=O) groups excluding carboxylic acids is 1. The van der Waals surface area contributed by atoms with Gasteiger partial charge in [0.2, 0.25) is 0 Å². The topological polar surface area (TPSA) is 51.2 Å². The zero-order chi connectivity index (χ0) is 18.4. The lowest BCUT2D eigenvalue weighted by molar-refractivity contribution is -0.115. The predicted molar refractivity (Wildman–Crippen MR) is 106 cm³/mol. The lowest BCUT2D eigenvalue weighted by atomic mass is 10.0. The van der Waals surface area contributed by atoms with Crippen molar-refractivity contribution >= 4 is 28.9 Å². The van der Waals surface area contributed by atoms with Crippen molar-refractivity contribution in [1.82, 2.24) is 10.3 Å². The molecule has 0 spiro atoms. The summed E-state index contributed by atoms with van der Waals surface area (Å²) in [5.74, 6) is 0.657. The van der Waals surface area contributed by atoms with E-state index in [4.69, 9.17) is 4.74 Å². The third-order valence-corrected chi connectivity index (χ3v) is 4.68. The molecule has 0 saturated heterocycles. The molecule has 3 rings (SSSR count). The summed E-state index contributed by atoms with van der Waals surface area (Å²) < 4.78 is 5.19. The zero-order valence-electron chi connectivity index (χ0n) is 14.7. The summed E-state index contributed by atoms with van der Waals surface area (Å²) in [4.78, 5) is 17.2. The zero-order valence-corrected chi connectivity index (χ0v) is 15.5. The average molecular weight is 364 g/mol. The van der Waals surface area contributed by atoms with Crippen LogP contribution in [0.4, 0.5) is 0 Å². The van der Waals surface area contributed by atoms with Crippen LogP contribution in [-0.4, -0.2) is 18.0 Å². The van der Waals surface area contributed by atoms with Crippen molar-refractivity contribution in [2.24, 2.45) is 0 Å². The number of aromatic nitrogens is 1. The Hall–Kier alpha value is -2.92. The number of amides is 1. The molecule has 0 aliphatic rings. The number of benzene rings is 2. The van der Waals surface area contributed by atoms with Gasteiger partial charge in [0.05, 0.1) is 24.4 Å². The van der Waals surface area contributed by atoms with E-state index < -0.39 is 0 Å². The highest BCUT2D eigenvalue weighted by Gasteiger charge is 2.12. The van der Waals surface area contributed by atoms with Crippen molar-refractivity contribution in [3.63, 3.8) is 0 Å². The highest BCUT2D eigenvalue weighted by Crippen LogP contribution is 2.20. The Labute approximate surface area is 157 Å². The number of rotatable bonds is 6. The van der Waals surface area contributed by atoms with E-state index in [1.807, 2.05) is 73.0 Å². The molecule has 0 aliphatic heterocycles. The smallest absolute Gasteiger partial charge is 0.252 e. The molecular formula is C21H20N2O2S. The third-order valence-electron chi connectivity index (χ3n) is 3.85. The molecule has 4 nitrogen and oxygen atoms in total. The van der Waals surface area contributed by atoms with Crippen LogP contribution in [0.1, 0.15) is 21.8 Å². The fourth-order valence-electron chi connectivity index (χ4n) is 2.52. The van der Waals surface area contributed by atoms with Crippen LogP contribution in [0.15, 0.2) is 60.0 Å². The average Bonchev–Trinajstić information content (AvgIpc) is 3.10. The van der Waals surface area contributed by atoms with Gasteiger partial charge in [-0.05, 0) is 36.3 Å². The molecule has 1 N–H and O–H groups in total. The summed E-state index contributed by atoms with van der Waals surface area (Å²) in [5.41, 5.74) is 3.29. The van der Waals surface area contributed by atoms with Gasteiger partial charge in [-0.15, -0.1) is 11.3 Å². The van der Waals surface area contributed by atoms with E-state index in [1.54, 1.807) is 18.4 Å². The van der Waals surface area contributed by atoms with Crippen LogP contribution in [0, 0.1) is 6.92 Å². The summed E-state index contributed by atoms with van der Waals surface area (Å²) in [6.45, 7) is 2.37. The highest BCUT2D eigenvalue weighted by atomic mass is 32.1. The number of aryl methyl sites for hydroxylation is 1. The van der Waals surface area contributed by atoms with E-state index in [0.717, 1.165) is 27.6 Å². The monoisotopic (exact) mass is 364 g/mol. The maximum Gasteiger partial charge on any atom is 0.252 e. The summed E-state index contributed by atoms with van der Waals surface area (Å²) >= 11 is 1.58. The summed E-state index contributed by atoms with van der Waals surface area (Å²) in [5, 5.41) is 5.92. The van der Waals surface area contributed by atoms with E-state index in [1.165, 1.54) is 0 Å². The van der Waals surface area contributed by atoms with E-state index in [9.17, 15) is 4.79 Å². The Bertz CT molecular complexity index is 899. The van der Waals surface area contributed by atoms with E-state index >= 15 is 0 Å². The van der Waals surface area contributed by atoms with Crippen molar-refractivity contribution in [2.45, 2.75) is 13.5 Å². The Morgan fingerprint density at radius 1 is 1.15 bits per heavy atom. The molecule has 1 aromatic heterocycles. The fraction of sp³-hybridized carbons (Fsp3) is 0.143. The van der Waals surface area contributed by atoms with Crippen LogP contribution in [-0.2, 0) is 11.3 Å². The molecule has 132 valence electrons. The van der Waals surface area contributed by atoms with Gasteiger partial charge >= 0.3 is 0 Å². The molecule has 3 aromatic rings. The molecule has 0 atom stereocenters. The molecule has 0 unspecified atom stereocenters. The number of nitrogens with zero attached hydrogens (tertiary/aromatic N) is 1. The van der Waals surface area contributed by atoms with Gasteiger partial charge in [0, 0.05) is 11.0 Å². The molecule has 0 saturated carbocycles. The van der Waals surface area contributed by atoms with Crippen LogP contribution >= 0.6 is 11.3 Å². The lowest BCUT2D eigenvalue weighted by Crippen LogP contribution is -2.24. The van der Waals surface area contributed by atoms with Crippen molar-refractivity contribution in [1.29, 1.82) is 0 Å². The van der Waals surface area contributed by atoms with Crippen LogP contribution < -0.4 is 10.1 Å². The first-order chi connectivity index (χ1) is 12.7. The van der Waals surface area contributed by atoms with Crippen molar-refractivity contribution in [3.8, 4) is 5.75 Å². The molecule has 0 bridgehead atoms. The molecule has 2 aromatic carbocycles. The predicted octanol–water partition coefficient (Wildman–Crippen LogP) is 4.32. The molecule has 1 heterocycles. The SMILES string of the molecule is COc1ccc(/C=C(/C(=O)NCc2csc(C)n2)c2ccccc2)cc1. The van der Waals surface area contributed by atoms with Gasteiger partial charge in [0.25, 0.3) is 5.91 Å². The second-order valence-electron chi connectivity index (χ2n) is 5.74. The normalized spacial score (nSPS) is 11.2. The van der Waals surface area contributed by atoms with Gasteiger partial charge in [-0.25, -0.2) is 4.98 Å². The van der Waals surface area contributed by atoms with Crippen LogP contribution in [0.3, 0.4) is 0 Å². The Morgan fingerprint density at radius 3 is 2.50 bits per heavy atom. The van der Waals surface area contributed by atoms with Crippen molar-refractivity contribution < 1.29 is 9.53 Å². The van der Waals surface area contributed by atoms with E-state index in [-0.39, 0.29) is 5.91 Å². The molecule has 0 aliphatic carbocycles. The summed E-state index contributed by atoms with van der Waals surface area (Å²) in [7, 11) is 1.63. The van der Waals surface area contributed by atoms with Gasteiger partial charge in [-0.1, -0.05) is 42.5 Å². The molecule has 1 amide bonds. The van der Waals surface area contributed by atoms with Gasteiger partial charge in [-0.2, -0.15) is 0 Å². The minimum atomic E-state index is -0.127. The van der Waals surface area contributed by atoms with Crippen LogP contribution in [0.2, 0.25) is 0 Å². The molecule has 0 fully saturated rings. The number of hydrogen-bond donors (Lipinski definition) is 1. The maximum atomic E-state index is 12.8. The minimum absolute atomic E-state index is 0.127. The van der Waals surface area contributed by atoms with Gasteiger partial charge < -0.3 is 10.1 Å². The van der Waals surface area contributed by atoms with Crippen LogP contribution in [0.5, 0.6) is 5.75 Å². The summed E-state index contributed by atoms with van der Waals surface area (Å²) in [6.07, 6.45) is 1.89. The van der Waals surface area contributed by atoms with E-state index in [0.29, 0.717) is 12.1 Å². The summed E-state index contributed by atoms with van der Waals surface area (Å²) in [6, 6.07) is 17.3. The molecular weight excluding hydrogens is 344 g/mol. The van der Waals surface area contributed by atoms with E-state index in [2.05, 4.69) is 10.3 Å². The maximum absolute atomic E-state index is 12.8. The van der Waals surface area contributed by atoms with Crippen LogP contribution in [0.25, 0.3) is 11.6 Å². The molecule has 26 heavy (non-hydrogen) atoms. The first-order valence-electron chi connectivity index (χ1n) is 8.26. The minimum Gasteiger partial charge on any atom is -0.497 e. The third kappa shape index (κ3) is 4.58. The number of thiazole rings is 1. The second kappa shape index (κ2) is 8.45. The first kappa shape index (κ1) is 17.9. The standard InChI is InChI=1S/C21H20N2O2S/c1-15-23-18(14-26-15)13-22-21(24)20(17-6-4-3-5-7-17)12-16-8-10-19(25-2)11-9-16/h3-12,14H,13H2,1-2H3,(H,22,24)/b20-12+. The number of methoxy groups -OCH3 is 1. The number of carbonyl (C=O) groups is 1. The van der Waals surface area contributed by atoms with Gasteiger partial charge in [0.15, 0.2) is 0 Å². The highest BCUT2D eigenvalue weighted by molar-refractivity contribution is 7.09. The first-order valence-corrected chi connectivity index (χ1v) is 9.14. The number of ether oxygens (including phenoxy) is 1. The van der Waals surface area contributed by atoms with Crippen molar-refractivity contribution in [3.05, 3.63) is 81.8 Å². The van der Waals surface area contributed by atoms with Crippen molar-refractivity contribution in [2.75, 3.05) is 7.11 Å². The fourth-order valence-corrected chi connectivity index (χ4v) is 3.13.